The van der Waals surface area contributed by atoms with Crippen LogP contribution in [0.25, 0.3) is 0 Å². The van der Waals surface area contributed by atoms with E-state index in [0.29, 0.717) is 18.7 Å². The maximum absolute atomic E-state index is 12.0. The number of hydrogen-bond acceptors (Lipinski definition) is 6. The summed E-state index contributed by atoms with van der Waals surface area (Å²) in [4.78, 5) is 33.9. The number of anilines is 1. The van der Waals surface area contributed by atoms with Gasteiger partial charge in [0.15, 0.2) is 0 Å². The van der Waals surface area contributed by atoms with E-state index in [1.807, 2.05) is 13.8 Å². The molecule has 8 nitrogen and oxygen atoms in total. The number of nitro benzene ring substituents is 1. The molecule has 0 bridgehead atoms. The van der Waals surface area contributed by atoms with Crippen LogP contribution >= 0.6 is 0 Å². The lowest BCUT2D eigenvalue weighted by Crippen LogP contribution is -2.19. The molecule has 1 fully saturated rings. The number of carbonyl (C=O) groups is 2. The Labute approximate surface area is 139 Å². The summed E-state index contributed by atoms with van der Waals surface area (Å²) >= 11 is 0. The minimum Gasteiger partial charge on any atom is -0.460 e. The SMILES string of the molecule is CC(C)OC[C@@H]1C[C@H](CC(=O)Nc2ccc([N+](=O)[O-])cc2)C(=O)O1. The topological polar surface area (TPSA) is 108 Å². The Morgan fingerprint density at radius 1 is 1.42 bits per heavy atom. The van der Waals surface area contributed by atoms with E-state index < -0.39 is 16.8 Å². The van der Waals surface area contributed by atoms with Crippen molar-refractivity contribution in [3.05, 3.63) is 34.4 Å². The van der Waals surface area contributed by atoms with Crippen molar-refractivity contribution in [1.29, 1.82) is 0 Å². The summed E-state index contributed by atoms with van der Waals surface area (Å²) in [5.74, 6) is -1.23. The first-order chi connectivity index (χ1) is 11.3. The minimum absolute atomic E-state index is 0.00794. The zero-order valence-corrected chi connectivity index (χ0v) is 13.6. The van der Waals surface area contributed by atoms with Crippen molar-refractivity contribution < 1.29 is 24.0 Å². The summed E-state index contributed by atoms with van der Waals surface area (Å²) in [6.45, 7) is 4.11. The van der Waals surface area contributed by atoms with Crippen molar-refractivity contribution >= 4 is 23.3 Å². The smallest absolute Gasteiger partial charge is 0.309 e. The Bertz CT molecular complexity index is 613. The molecule has 0 aromatic heterocycles. The molecule has 0 radical (unpaired) electrons. The third kappa shape index (κ3) is 5.02. The highest BCUT2D eigenvalue weighted by Crippen LogP contribution is 2.25. The third-order valence-electron chi connectivity index (χ3n) is 3.57. The van der Waals surface area contributed by atoms with E-state index in [-0.39, 0.29) is 30.2 Å². The van der Waals surface area contributed by atoms with Gasteiger partial charge in [-0.2, -0.15) is 0 Å². The van der Waals surface area contributed by atoms with Gasteiger partial charge in [-0.25, -0.2) is 0 Å². The number of cyclic esters (lactones) is 1. The lowest BCUT2D eigenvalue weighted by atomic mass is 10.0. The first-order valence-electron chi connectivity index (χ1n) is 7.71. The van der Waals surface area contributed by atoms with E-state index in [1.54, 1.807) is 0 Å². The van der Waals surface area contributed by atoms with Crippen LogP contribution in [0.1, 0.15) is 26.7 Å². The van der Waals surface area contributed by atoms with Crippen LogP contribution in [-0.2, 0) is 19.1 Å². The maximum Gasteiger partial charge on any atom is 0.309 e. The van der Waals surface area contributed by atoms with E-state index >= 15 is 0 Å². The molecule has 1 N–H and O–H groups in total. The molecule has 2 rings (SSSR count). The average Bonchev–Trinajstić information content (AvgIpc) is 2.85. The van der Waals surface area contributed by atoms with Gasteiger partial charge >= 0.3 is 5.97 Å². The highest BCUT2D eigenvalue weighted by molar-refractivity contribution is 5.93. The molecule has 1 saturated heterocycles. The quantitative estimate of drug-likeness (QED) is 0.465. The van der Waals surface area contributed by atoms with Crippen LogP contribution in [0.3, 0.4) is 0 Å². The van der Waals surface area contributed by atoms with Gasteiger partial charge in [0.25, 0.3) is 5.69 Å². The summed E-state index contributed by atoms with van der Waals surface area (Å²) in [7, 11) is 0. The molecular formula is C16H20N2O6. The van der Waals surface area contributed by atoms with Gasteiger partial charge in [0.05, 0.1) is 23.6 Å². The molecule has 0 spiro atoms. The Balaban J connectivity index is 1.83. The van der Waals surface area contributed by atoms with Gasteiger partial charge in [-0.3, -0.25) is 19.7 Å². The summed E-state index contributed by atoms with van der Waals surface area (Å²) in [5.41, 5.74) is 0.386. The Morgan fingerprint density at radius 2 is 2.08 bits per heavy atom. The van der Waals surface area contributed by atoms with Crippen LogP contribution < -0.4 is 5.32 Å². The van der Waals surface area contributed by atoms with Crippen molar-refractivity contribution in [3.8, 4) is 0 Å². The number of carbonyl (C=O) groups excluding carboxylic acids is 2. The summed E-state index contributed by atoms with van der Waals surface area (Å²) in [6.07, 6.45) is 0.179. The van der Waals surface area contributed by atoms with Gasteiger partial charge in [0.2, 0.25) is 5.91 Å². The second-order valence-electron chi connectivity index (χ2n) is 5.93. The summed E-state index contributed by atoms with van der Waals surface area (Å²) in [5, 5.41) is 13.2. The maximum atomic E-state index is 12.0. The molecule has 0 unspecified atom stereocenters. The first kappa shape index (κ1) is 17.9. The molecule has 130 valence electrons. The number of nitrogens with zero attached hydrogens (tertiary/aromatic N) is 1. The molecule has 0 aliphatic carbocycles. The van der Waals surface area contributed by atoms with Gasteiger partial charge in [0.1, 0.15) is 6.10 Å². The number of hydrogen-bond donors (Lipinski definition) is 1. The van der Waals surface area contributed by atoms with E-state index in [2.05, 4.69) is 5.32 Å². The highest BCUT2D eigenvalue weighted by atomic mass is 16.6. The Morgan fingerprint density at radius 3 is 2.67 bits per heavy atom. The predicted molar refractivity (Wildman–Crippen MR) is 85.4 cm³/mol. The van der Waals surface area contributed by atoms with Gasteiger partial charge in [0, 0.05) is 30.7 Å². The normalized spacial score (nSPS) is 20.0. The molecule has 1 aromatic carbocycles. The fourth-order valence-electron chi connectivity index (χ4n) is 2.39. The van der Waals surface area contributed by atoms with Crippen LogP contribution in [0.2, 0.25) is 0 Å². The minimum atomic E-state index is -0.514. The van der Waals surface area contributed by atoms with E-state index in [9.17, 15) is 19.7 Å². The predicted octanol–water partition coefficient (Wildman–Crippen LogP) is 2.28. The molecule has 1 aliphatic heterocycles. The Hall–Kier alpha value is -2.48. The fraction of sp³-hybridized carbons (Fsp3) is 0.500. The number of ether oxygens (including phenoxy) is 2. The molecule has 0 saturated carbocycles. The van der Waals surface area contributed by atoms with Crippen LogP contribution in [0, 0.1) is 16.0 Å². The van der Waals surface area contributed by atoms with E-state index in [4.69, 9.17) is 9.47 Å². The number of nitro groups is 1. The van der Waals surface area contributed by atoms with Crippen molar-refractivity contribution in [1.82, 2.24) is 0 Å². The monoisotopic (exact) mass is 336 g/mol. The molecule has 1 heterocycles. The molecular weight excluding hydrogens is 316 g/mol. The average molecular weight is 336 g/mol. The molecule has 1 amide bonds. The lowest BCUT2D eigenvalue weighted by molar-refractivity contribution is -0.384. The van der Waals surface area contributed by atoms with Crippen LogP contribution in [0.4, 0.5) is 11.4 Å². The molecule has 1 aliphatic rings. The first-order valence-corrected chi connectivity index (χ1v) is 7.71. The molecule has 1 aromatic rings. The van der Waals surface area contributed by atoms with Gasteiger partial charge < -0.3 is 14.8 Å². The zero-order valence-electron chi connectivity index (χ0n) is 13.6. The van der Waals surface area contributed by atoms with Crippen LogP contribution in [0.15, 0.2) is 24.3 Å². The number of non-ortho nitro benzene ring substituents is 1. The van der Waals surface area contributed by atoms with Crippen molar-refractivity contribution in [2.75, 3.05) is 11.9 Å². The highest BCUT2D eigenvalue weighted by Gasteiger charge is 2.36. The Kier molecular flexibility index (Phi) is 5.86. The molecule has 24 heavy (non-hydrogen) atoms. The van der Waals surface area contributed by atoms with Crippen molar-refractivity contribution in [2.45, 2.75) is 38.9 Å². The number of esters is 1. The number of benzene rings is 1. The lowest BCUT2D eigenvalue weighted by Gasteiger charge is -2.12. The number of rotatable bonds is 7. The second kappa shape index (κ2) is 7.87. The molecule has 2 atom stereocenters. The second-order valence-corrected chi connectivity index (χ2v) is 5.93. The largest absolute Gasteiger partial charge is 0.460 e. The van der Waals surface area contributed by atoms with Gasteiger partial charge in [-0.05, 0) is 26.0 Å². The standard InChI is InChI=1S/C16H20N2O6/c1-10(2)23-9-14-7-11(16(20)24-14)8-15(19)17-12-3-5-13(6-4-12)18(21)22/h3-6,10-11,14H,7-9H2,1-2H3,(H,17,19)/t11-,14+/m1/s1. The number of amides is 1. The third-order valence-corrected chi connectivity index (χ3v) is 3.57. The van der Waals surface area contributed by atoms with E-state index in [0.717, 1.165) is 0 Å². The zero-order chi connectivity index (χ0) is 17.7. The summed E-state index contributed by atoms with van der Waals surface area (Å²) < 4.78 is 10.6. The van der Waals surface area contributed by atoms with Gasteiger partial charge in [-0.1, -0.05) is 0 Å². The van der Waals surface area contributed by atoms with Crippen molar-refractivity contribution in [2.24, 2.45) is 5.92 Å². The molecule has 8 heteroatoms. The van der Waals surface area contributed by atoms with Crippen molar-refractivity contribution in [3.63, 3.8) is 0 Å². The number of nitrogens with one attached hydrogen (secondary N) is 1. The van der Waals surface area contributed by atoms with Gasteiger partial charge in [-0.15, -0.1) is 0 Å². The fourth-order valence-corrected chi connectivity index (χ4v) is 2.39. The summed E-state index contributed by atoms with van der Waals surface area (Å²) in [6, 6.07) is 5.50. The van der Waals surface area contributed by atoms with Crippen LogP contribution in [0.5, 0.6) is 0 Å². The van der Waals surface area contributed by atoms with E-state index in [1.165, 1.54) is 24.3 Å². The van der Waals surface area contributed by atoms with Crippen LogP contribution in [-0.4, -0.2) is 35.6 Å².